The van der Waals surface area contributed by atoms with Crippen LogP contribution in [0.3, 0.4) is 0 Å². The van der Waals surface area contributed by atoms with Gasteiger partial charge in [0.2, 0.25) is 11.6 Å². The zero-order valence-corrected chi connectivity index (χ0v) is 13.3. The number of fused-ring (bicyclic) bond motifs is 1. The molecule has 0 saturated heterocycles. The van der Waals surface area contributed by atoms with Crippen LogP contribution in [0.1, 0.15) is 11.1 Å². The predicted octanol–water partition coefficient (Wildman–Crippen LogP) is 2.37. The number of rotatable bonds is 3. The highest BCUT2D eigenvalue weighted by molar-refractivity contribution is 9.10. The van der Waals surface area contributed by atoms with Gasteiger partial charge in [-0.25, -0.2) is 9.78 Å². The van der Waals surface area contributed by atoms with E-state index in [1.165, 1.54) is 6.20 Å². The number of halogens is 1. The minimum atomic E-state index is -0.682. The van der Waals surface area contributed by atoms with Crippen molar-refractivity contribution in [1.82, 2.24) is 9.66 Å². The van der Waals surface area contributed by atoms with Crippen molar-refractivity contribution >= 4 is 33.1 Å². The number of nitrogens with one attached hydrogen (secondary N) is 1. The Hall–Kier alpha value is -2.41. The molecule has 0 aliphatic rings. The number of hydrogen-bond donors (Lipinski definition) is 1. The molecule has 0 aliphatic heterocycles. The number of aryl methyl sites for hydroxylation is 1. The summed E-state index contributed by atoms with van der Waals surface area (Å²) >= 11 is 3.25. The topological polar surface area (TPSA) is 77.1 Å². The SMILES string of the molecule is Cc1ccccc1CC(=O)Nn1c(=O)oc2cc(Br)cnc21. The van der Waals surface area contributed by atoms with Gasteiger partial charge in [-0.1, -0.05) is 24.3 Å². The van der Waals surface area contributed by atoms with Gasteiger partial charge in [0.25, 0.3) is 0 Å². The Kier molecular flexibility index (Phi) is 3.81. The number of amides is 1. The van der Waals surface area contributed by atoms with E-state index in [4.69, 9.17) is 4.42 Å². The lowest BCUT2D eigenvalue weighted by Gasteiger charge is -2.07. The van der Waals surface area contributed by atoms with Crippen LogP contribution < -0.4 is 11.2 Å². The first kappa shape index (κ1) is 14.5. The lowest BCUT2D eigenvalue weighted by molar-refractivity contribution is -0.116. The summed E-state index contributed by atoms with van der Waals surface area (Å²) in [4.78, 5) is 28.1. The van der Waals surface area contributed by atoms with E-state index in [1.54, 1.807) is 6.07 Å². The molecule has 6 nitrogen and oxygen atoms in total. The maximum Gasteiger partial charge on any atom is 0.440 e. The molecule has 2 aromatic heterocycles. The molecule has 0 aliphatic carbocycles. The maximum atomic E-state index is 12.1. The Morgan fingerprint density at radius 2 is 2.18 bits per heavy atom. The van der Waals surface area contributed by atoms with Crippen LogP contribution >= 0.6 is 15.9 Å². The molecule has 112 valence electrons. The molecule has 0 radical (unpaired) electrons. The van der Waals surface area contributed by atoms with Gasteiger partial charge in [-0.15, -0.1) is 0 Å². The van der Waals surface area contributed by atoms with Crippen molar-refractivity contribution in [3.05, 3.63) is 62.7 Å². The van der Waals surface area contributed by atoms with Gasteiger partial charge in [0.05, 0.1) is 6.42 Å². The van der Waals surface area contributed by atoms with E-state index in [1.807, 2.05) is 31.2 Å². The van der Waals surface area contributed by atoms with Crippen LogP contribution in [0, 0.1) is 6.92 Å². The second kappa shape index (κ2) is 5.76. The molecule has 0 unspecified atom stereocenters. The van der Waals surface area contributed by atoms with Crippen molar-refractivity contribution in [3.63, 3.8) is 0 Å². The van der Waals surface area contributed by atoms with Crippen molar-refractivity contribution < 1.29 is 9.21 Å². The summed E-state index contributed by atoms with van der Waals surface area (Å²) in [5, 5.41) is 0. The van der Waals surface area contributed by atoms with Crippen molar-refractivity contribution in [1.29, 1.82) is 0 Å². The van der Waals surface area contributed by atoms with Gasteiger partial charge in [-0.05, 0) is 34.0 Å². The second-order valence-corrected chi connectivity index (χ2v) is 5.73. The molecule has 3 rings (SSSR count). The molecule has 0 atom stereocenters. The van der Waals surface area contributed by atoms with E-state index in [-0.39, 0.29) is 18.0 Å². The summed E-state index contributed by atoms with van der Waals surface area (Å²) in [6, 6.07) is 9.20. The first-order valence-electron chi connectivity index (χ1n) is 6.56. The lowest BCUT2D eigenvalue weighted by Crippen LogP contribution is -2.31. The third-order valence-corrected chi connectivity index (χ3v) is 3.67. The molecule has 1 N–H and O–H groups in total. The fraction of sp³-hybridized carbons (Fsp3) is 0.133. The van der Waals surface area contributed by atoms with Crippen molar-refractivity contribution in [2.45, 2.75) is 13.3 Å². The van der Waals surface area contributed by atoms with Crippen molar-refractivity contribution in [3.8, 4) is 0 Å². The number of pyridine rings is 1. The first-order valence-corrected chi connectivity index (χ1v) is 7.35. The Bertz CT molecular complexity index is 914. The molecule has 22 heavy (non-hydrogen) atoms. The largest absolute Gasteiger partial charge is 0.440 e. The van der Waals surface area contributed by atoms with E-state index in [2.05, 4.69) is 26.3 Å². The highest BCUT2D eigenvalue weighted by Crippen LogP contribution is 2.15. The molecule has 1 aromatic carbocycles. The third-order valence-electron chi connectivity index (χ3n) is 3.24. The minimum Gasteiger partial charge on any atom is -0.405 e. The van der Waals surface area contributed by atoms with E-state index in [0.717, 1.165) is 15.8 Å². The summed E-state index contributed by atoms with van der Waals surface area (Å²) in [5.74, 6) is -0.998. The van der Waals surface area contributed by atoms with Gasteiger partial charge in [0.15, 0.2) is 5.58 Å². The van der Waals surface area contributed by atoms with Gasteiger partial charge in [0.1, 0.15) is 0 Å². The molecule has 7 heteroatoms. The number of carbonyl (C=O) groups is 1. The van der Waals surface area contributed by atoms with Crippen LogP contribution in [0.25, 0.3) is 11.2 Å². The smallest absolute Gasteiger partial charge is 0.405 e. The zero-order valence-electron chi connectivity index (χ0n) is 11.7. The van der Waals surface area contributed by atoms with Crippen LogP contribution in [-0.2, 0) is 11.2 Å². The molecule has 3 aromatic rings. The van der Waals surface area contributed by atoms with E-state index in [0.29, 0.717) is 10.1 Å². The number of oxazole rings is 1. The van der Waals surface area contributed by atoms with Crippen LogP contribution in [0.4, 0.5) is 0 Å². The third kappa shape index (κ3) is 2.80. The quantitative estimate of drug-likeness (QED) is 0.776. The monoisotopic (exact) mass is 361 g/mol. The molecule has 0 spiro atoms. The maximum absolute atomic E-state index is 12.1. The summed E-state index contributed by atoms with van der Waals surface area (Å²) in [6.45, 7) is 1.93. The summed E-state index contributed by atoms with van der Waals surface area (Å²) in [7, 11) is 0. The van der Waals surface area contributed by atoms with Gasteiger partial charge < -0.3 is 4.42 Å². The minimum absolute atomic E-state index is 0.169. The van der Waals surface area contributed by atoms with Crippen LogP contribution in [0.5, 0.6) is 0 Å². The molecule has 1 amide bonds. The number of carbonyl (C=O) groups excluding carboxylic acids is 1. The summed E-state index contributed by atoms with van der Waals surface area (Å²) in [5.41, 5.74) is 5.01. The highest BCUT2D eigenvalue weighted by Gasteiger charge is 2.14. The van der Waals surface area contributed by atoms with Crippen molar-refractivity contribution in [2.75, 3.05) is 5.43 Å². The molecule has 0 bridgehead atoms. The molecular weight excluding hydrogens is 350 g/mol. The van der Waals surface area contributed by atoms with Gasteiger partial charge in [-0.2, -0.15) is 4.68 Å². The van der Waals surface area contributed by atoms with Crippen LogP contribution in [-0.4, -0.2) is 15.6 Å². The van der Waals surface area contributed by atoms with E-state index >= 15 is 0 Å². The zero-order chi connectivity index (χ0) is 15.7. The second-order valence-electron chi connectivity index (χ2n) is 4.82. The van der Waals surface area contributed by atoms with Crippen molar-refractivity contribution in [2.24, 2.45) is 0 Å². The fourth-order valence-electron chi connectivity index (χ4n) is 2.13. The Morgan fingerprint density at radius 1 is 1.41 bits per heavy atom. The highest BCUT2D eigenvalue weighted by atomic mass is 79.9. The fourth-order valence-corrected chi connectivity index (χ4v) is 2.44. The van der Waals surface area contributed by atoms with Crippen LogP contribution in [0.2, 0.25) is 0 Å². The Labute approximate surface area is 133 Å². The summed E-state index contributed by atoms with van der Waals surface area (Å²) in [6.07, 6.45) is 1.70. The number of benzene rings is 1. The molecule has 0 saturated carbocycles. The van der Waals surface area contributed by atoms with Gasteiger partial charge in [0, 0.05) is 16.7 Å². The number of aromatic nitrogens is 2. The normalized spacial score (nSPS) is 10.8. The van der Waals surface area contributed by atoms with E-state index in [9.17, 15) is 9.59 Å². The van der Waals surface area contributed by atoms with Gasteiger partial charge in [-0.3, -0.25) is 10.2 Å². The lowest BCUT2D eigenvalue weighted by atomic mass is 10.1. The predicted molar refractivity (Wildman–Crippen MR) is 85.2 cm³/mol. The Morgan fingerprint density at radius 3 is 2.95 bits per heavy atom. The molecule has 0 fully saturated rings. The number of hydrogen-bond acceptors (Lipinski definition) is 4. The van der Waals surface area contributed by atoms with Crippen LogP contribution in [0.15, 0.2) is 50.2 Å². The average molecular weight is 362 g/mol. The summed E-state index contributed by atoms with van der Waals surface area (Å²) < 4.78 is 6.76. The number of nitrogens with zero attached hydrogens (tertiary/aromatic N) is 2. The molecular formula is C15H12BrN3O3. The van der Waals surface area contributed by atoms with Gasteiger partial charge >= 0.3 is 5.76 Å². The standard InChI is InChI=1S/C15H12BrN3O3/c1-9-4-2-3-5-10(9)6-13(20)18-19-14-12(22-15(19)21)7-11(16)8-17-14/h2-5,7-8H,6H2,1H3,(H,18,20). The average Bonchev–Trinajstić information content (AvgIpc) is 2.77. The Balaban J connectivity index is 1.87. The van der Waals surface area contributed by atoms with E-state index < -0.39 is 5.76 Å². The molecule has 2 heterocycles. The first-order chi connectivity index (χ1) is 10.5.